The van der Waals surface area contributed by atoms with Crippen LogP contribution in [0.25, 0.3) is 0 Å². The number of amides is 1. The van der Waals surface area contributed by atoms with Gasteiger partial charge in [-0.1, -0.05) is 60.2 Å². The normalized spacial score (nSPS) is 12.8. The van der Waals surface area contributed by atoms with Gasteiger partial charge in [0.15, 0.2) is 6.10 Å². The van der Waals surface area contributed by atoms with Crippen LogP contribution in [0.2, 0.25) is 0 Å². The van der Waals surface area contributed by atoms with Gasteiger partial charge in [0.2, 0.25) is 0 Å². The van der Waals surface area contributed by atoms with E-state index in [1.807, 2.05) is 37.3 Å². The maximum absolute atomic E-state index is 11.9. The van der Waals surface area contributed by atoms with Gasteiger partial charge in [0.25, 0.3) is 5.91 Å². The van der Waals surface area contributed by atoms with E-state index in [9.17, 15) is 9.90 Å². The number of benzene rings is 2. The Labute approximate surface area is 124 Å². The zero-order valence-corrected chi connectivity index (χ0v) is 12.1. The molecule has 0 aromatic heterocycles. The van der Waals surface area contributed by atoms with Crippen LogP contribution in [0.1, 0.15) is 29.7 Å². The van der Waals surface area contributed by atoms with Crippen molar-refractivity contribution in [2.45, 2.75) is 20.0 Å². The highest BCUT2D eigenvalue weighted by Gasteiger charge is 2.16. The Morgan fingerprint density at radius 1 is 1.10 bits per heavy atom. The highest BCUT2D eigenvalue weighted by molar-refractivity contribution is 5.99. The van der Waals surface area contributed by atoms with Crippen LogP contribution in [-0.4, -0.2) is 16.7 Å². The molecule has 2 aromatic carbocycles. The Kier molecular flexibility index (Phi) is 4.85. The molecule has 2 N–H and O–H groups in total. The SMILES string of the molecule is CC(=NNC(=O)[C@H](O)c1ccccc1)c1ccc(C)cc1. The molecule has 0 saturated heterocycles. The number of aliphatic hydroxyl groups excluding tert-OH is 1. The molecule has 0 radical (unpaired) electrons. The Morgan fingerprint density at radius 3 is 2.33 bits per heavy atom. The van der Waals surface area contributed by atoms with Gasteiger partial charge in [-0.3, -0.25) is 4.79 Å². The third-order valence-electron chi connectivity index (χ3n) is 3.17. The van der Waals surface area contributed by atoms with E-state index in [0.717, 1.165) is 11.1 Å². The lowest BCUT2D eigenvalue weighted by molar-refractivity contribution is -0.129. The minimum atomic E-state index is -1.22. The van der Waals surface area contributed by atoms with Crippen molar-refractivity contribution in [2.75, 3.05) is 0 Å². The van der Waals surface area contributed by atoms with Gasteiger partial charge >= 0.3 is 0 Å². The summed E-state index contributed by atoms with van der Waals surface area (Å²) in [6, 6.07) is 16.6. The second-order valence-electron chi connectivity index (χ2n) is 4.85. The van der Waals surface area contributed by atoms with Gasteiger partial charge in [-0.2, -0.15) is 5.10 Å². The van der Waals surface area contributed by atoms with Crippen molar-refractivity contribution >= 4 is 11.6 Å². The fourth-order valence-electron chi connectivity index (χ4n) is 1.85. The number of aryl methyl sites for hydroxylation is 1. The Morgan fingerprint density at radius 2 is 1.71 bits per heavy atom. The van der Waals surface area contributed by atoms with E-state index in [2.05, 4.69) is 10.5 Å². The molecule has 1 amide bonds. The van der Waals surface area contributed by atoms with Gasteiger partial charge in [0, 0.05) is 0 Å². The second-order valence-corrected chi connectivity index (χ2v) is 4.85. The van der Waals surface area contributed by atoms with Crippen molar-refractivity contribution in [1.82, 2.24) is 5.43 Å². The molecule has 0 fully saturated rings. The number of nitrogens with zero attached hydrogens (tertiary/aromatic N) is 1. The molecule has 0 bridgehead atoms. The number of rotatable bonds is 4. The Hall–Kier alpha value is -2.46. The fraction of sp³-hybridized carbons (Fsp3) is 0.176. The summed E-state index contributed by atoms with van der Waals surface area (Å²) in [5, 5.41) is 14.0. The largest absolute Gasteiger partial charge is 0.378 e. The summed E-state index contributed by atoms with van der Waals surface area (Å²) >= 11 is 0. The molecule has 21 heavy (non-hydrogen) atoms. The Bertz CT molecular complexity index is 634. The fourth-order valence-corrected chi connectivity index (χ4v) is 1.85. The topological polar surface area (TPSA) is 61.7 Å². The van der Waals surface area contributed by atoms with Gasteiger partial charge in [0.05, 0.1) is 5.71 Å². The quantitative estimate of drug-likeness (QED) is 0.669. The highest BCUT2D eigenvalue weighted by atomic mass is 16.3. The molecule has 0 unspecified atom stereocenters. The summed E-state index contributed by atoms with van der Waals surface area (Å²) < 4.78 is 0. The summed E-state index contributed by atoms with van der Waals surface area (Å²) in [5.41, 5.74) is 5.70. The van der Waals surface area contributed by atoms with Gasteiger partial charge < -0.3 is 5.11 Å². The van der Waals surface area contributed by atoms with Crippen LogP contribution in [0.5, 0.6) is 0 Å². The Balaban J connectivity index is 2.03. The summed E-state index contributed by atoms with van der Waals surface area (Å²) in [7, 11) is 0. The standard InChI is InChI=1S/C17H18N2O2/c1-12-8-10-14(11-9-12)13(2)18-19-17(21)16(20)15-6-4-3-5-7-15/h3-11,16,20H,1-2H3,(H,19,21)/t16-/m1/s1. The number of nitrogens with one attached hydrogen (secondary N) is 1. The lowest BCUT2D eigenvalue weighted by Gasteiger charge is -2.09. The van der Waals surface area contributed by atoms with E-state index in [1.165, 1.54) is 0 Å². The molecule has 0 aliphatic rings. The first-order chi connectivity index (χ1) is 10.1. The number of carbonyl (C=O) groups is 1. The highest BCUT2D eigenvalue weighted by Crippen LogP contribution is 2.12. The number of aliphatic hydroxyl groups is 1. The molecule has 2 aromatic rings. The van der Waals surface area contributed by atoms with E-state index in [1.54, 1.807) is 31.2 Å². The molecule has 108 valence electrons. The second kappa shape index (κ2) is 6.81. The first kappa shape index (κ1) is 14.9. The summed E-state index contributed by atoms with van der Waals surface area (Å²) in [5.74, 6) is -0.548. The lowest BCUT2D eigenvalue weighted by Crippen LogP contribution is -2.26. The predicted molar refractivity (Wildman–Crippen MR) is 82.9 cm³/mol. The average molecular weight is 282 g/mol. The molecule has 0 aliphatic heterocycles. The summed E-state index contributed by atoms with van der Waals surface area (Å²) in [6.45, 7) is 3.81. The van der Waals surface area contributed by atoms with Crippen LogP contribution < -0.4 is 5.43 Å². The first-order valence-electron chi connectivity index (χ1n) is 6.72. The molecule has 0 heterocycles. The van der Waals surface area contributed by atoms with E-state index >= 15 is 0 Å². The third kappa shape index (κ3) is 4.00. The van der Waals surface area contributed by atoms with Gasteiger partial charge in [-0.25, -0.2) is 5.43 Å². The lowest BCUT2D eigenvalue weighted by atomic mass is 10.1. The molecule has 4 heteroatoms. The number of hydrazone groups is 1. The van der Waals surface area contributed by atoms with Crippen LogP contribution >= 0.6 is 0 Å². The van der Waals surface area contributed by atoms with E-state index in [4.69, 9.17) is 0 Å². The van der Waals surface area contributed by atoms with Gasteiger partial charge in [0.1, 0.15) is 0 Å². The van der Waals surface area contributed by atoms with Crippen LogP contribution in [0.3, 0.4) is 0 Å². The van der Waals surface area contributed by atoms with Crippen LogP contribution in [0, 0.1) is 6.92 Å². The maximum atomic E-state index is 11.9. The third-order valence-corrected chi connectivity index (χ3v) is 3.17. The number of carbonyl (C=O) groups excluding carboxylic acids is 1. The van der Waals surface area contributed by atoms with Crippen molar-refractivity contribution < 1.29 is 9.90 Å². The van der Waals surface area contributed by atoms with Crippen molar-refractivity contribution in [3.05, 3.63) is 71.3 Å². The minimum Gasteiger partial charge on any atom is -0.378 e. The zero-order chi connectivity index (χ0) is 15.2. The molecule has 0 saturated carbocycles. The molecular formula is C17H18N2O2. The predicted octanol–water partition coefficient (Wildman–Crippen LogP) is 2.57. The van der Waals surface area contributed by atoms with Crippen LogP contribution in [0.4, 0.5) is 0 Å². The van der Waals surface area contributed by atoms with Crippen molar-refractivity contribution in [1.29, 1.82) is 0 Å². The first-order valence-corrected chi connectivity index (χ1v) is 6.72. The summed E-state index contributed by atoms with van der Waals surface area (Å²) in [4.78, 5) is 11.9. The van der Waals surface area contributed by atoms with Crippen LogP contribution in [0.15, 0.2) is 59.7 Å². The van der Waals surface area contributed by atoms with Crippen LogP contribution in [-0.2, 0) is 4.79 Å². The molecule has 2 rings (SSSR count). The minimum absolute atomic E-state index is 0.540. The van der Waals surface area contributed by atoms with E-state index < -0.39 is 12.0 Å². The molecular weight excluding hydrogens is 264 g/mol. The monoisotopic (exact) mass is 282 g/mol. The average Bonchev–Trinajstić information content (AvgIpc) is 2.53. The number of hydrogen-bond donors (Lipinski definition) is 2. The van der Waals surface area contributed by atoms with E-state index in [-0.39, 0.29) is 0 Å². The molecule has 0 aliphatic carbocycles. The van der Waals surface area contributed by atoms with Crippen molar-refractivity contribution in [3.8, 4) is 0 Å². The van der Waals surface area contributed by atoms with Crippen molar-refractivity contribution in [2.24, 2.45) is 5.10 Å². The smallest absolute Gasteiger partial charge is 0.273 e. The molecule has 1 atom stereocenters. The van der Waals surface area contributed by atoms with Gasteiger partial charge in [-0.15, -0.1) is 0 Å². The van der Waals surface area contributed by atoms with Gasteiger partial charge in [-0.05, 0) is 25.0 Å². The summed E-state index contributed by atoms with van der Waals surface area (Å²) in [6.07, 6.45) is -1.22. The maximum Gasteiger partial charge on any atom is 0.273 e. The molecule has 4 nitrogen and oxygen atoms in total. The zero-order valence-electron chi connectivity index (χ0n) is 12.1. The number of hydrogen-bond acceptors (Lipinski definition) is 3. The molecule has 0 spiro atoms. The van der Waals surface area contributed by atoms with E-state index in [0.29, 0.717) is 11.3 Å². The van der Waals surface area contributed by atoms with Crippen molar-refractivity contribution in [3.63, 3.8) is 0 Å².